The minimum Gasteiger partial charge on any atom is -0.469 e. The third-order valence-corrected chi connectivity index (χ3v) is 1.41. The number of ether oxygens (including phenoxy) is 2. The first kappa shape index (κ1) is 10.4. The van der Waals surface area contributed by atoms with E-state index >= 15 is 0 Å². The van der Waals surface area contributed by atoms with Crippen molar-refractivity contribution in [3.63, 3.8) is 0 Å². The Morgan fingerprint density at radius 3 is 2.36 bits per heavy atom. The summed E-state index contributed by atoms with van der Waals surface area (Å²) in [5, 5.41) is 0. The molecular weight excluding hydrogens is 144 g/mol. The van der Waals surface area contributed by atoms with Gasteiger partial charge in [0, 0.05) is 6.61 Å². The Morgan fingerprint density at radius 2 is 2.00 bits per heavy atom. The van der Waals surface area contributed by atoms with Gasteiger partial charge >= 0.3 is 5.97 Å². The van der Waals surface area contributed by atoms with Crippen molar-refractivity contribution in [1.29, 1.82) is 0 Å². The Hall–Kier alpha value is -0.570. The summed E-state index contributed by atoms with van der Waals surface area (Å²) in [5.41, 5.74) is -0.523. The molecular formula is C8H16O3. The number of carbonyl (C=O) groups excluding carboxylic acids is 1. The van der Waals surface area contributed by atoms with Crippen LogP contribution in [0.15, 0.2) is 0 Å². The van der Waals surface area contributed by atoms with Crippen LogP contribution >= 0.6 is 0 Å². The topological polar surface area (TPSA) is 35.5 Å². The molecule has 0 unspecified atom stereocenters. The Morgan fingerprint density at radius 1 is 1.45 bits per heavy atom. The smallest absolute Gasteiger partial charge is 0.313 e. The molecule has 66 valence electrons. The van der Waals surface area contributed by atoms with Gasteiger partial charge in [-0.2, -0.15) is 0 Å². The molecule has 0 aromatic rings. The van der Waals surface area contributed by atoms with Gasteiger partial charge in [-0.15, -0.1) is 0 Å². The summed E-state index contributed by atoms with van der Waals surface area (Å²) in [5.74, 6) is -0.231. The van der Waals surface area contributed by atoms with Crippen LogP contribution in [0.25, 0.3) is 0 Å². The van der Waals surface area contributed by atoms with Crippen LogP contribution in [0.3, 0.4) is 0 Å². The summed E-state index contributed by atoms with van der Waals surface area (Å²) in [6, 6.07) is 0. The third-order valence-electron chi connectivity index (χ3n) is 1.41. The summed E-state index contributed by atoms with van der Waals surface area (Å²) in [6.07, 6.45) is 0. The zero-order valence-corrected chi connectivity index (χ0v) is 7.64. The van der Waals surface area contributed by atoms with E-state index in [-0.39, 0.29) is 5.97 Å². The van der Waals surface area contributed by atoms with Crippen LogP contribution in [0.4, 0.5) is 0 Å². The van der Waals surface area contributed by atoms with E-state index in [1.54, 1.807) is 13.8 Å². The summed E-state index contributed by atoms with van der Waals surface area (Å²) in [4.78, 5) is 11.0. The second kappa shape index (κ2) is 4.34. The van der Waals surface area contributed by atoms with Crippen molar-refractivity contribution in [2.75, 3.05) is 20.3 Å². The van der Waals surface area contributed by atoms with Gasteiger partial charge in [0.05, 0.1) is 19.1 Å². The van der Waals surface area contributed by atoms with Gasteiger partial charge in [-0.25, -0.2) is 0 Å². The Kier molecular flexibility index (Phi) is 4.11. The zero-order valence-electron chi connectivity index (χ0n) is 7.64. The summed E-state index contributed by atoms with van der Waals surface area (Å²) >= 11 is 0. The van der Waals surface area contributed by atoms with E-state index in [4.69, 9.17) is 4.74 Å². The quantitative estimate of drug-likeness (QED) is 0.580. The Labute approximate surface area is 67.7 Å². The average molecular weight is 160 g/mol. The van der Waals surface area contributed by atoms with Crippen molar-refractivity contribution < 1.29 is 14.3 Å². The molecule has 0 bridgehead atoms. The molecule has 0 amide bonds. The van der Waals surface area contributed by atoms with E-state index in [9.17, 15) is 4.79 Å². The number of hydrogen-bond donors (Lipinski definition) is 0. The monoisotopic (exact) mass is 160 g/mol. The standard InChI is InChI=1S/C8H16O3/c1-5-11-6-8(2,3)7(9)10-4/h5-6H2,1-4H3. The van der Waals surface area contributed by atoms with Crippen LogP contribution in [0.1, 0.15) is 20.8 Å². The predicted molar refractivity (Wildman–Crippen MR) is 42.3 cm³/mol. The van der Waals surface area contributed by atoms with E-state index in [0.717, 1.165) is 0 Å². The van der Waals surface area contributed by atoms with Crippen molar-refractivity contribution in [1.82, 2.24) is 0 Å². The highest BCUT2D eigenvalue weighted by Gasteiger charge is 2.28. The van der Waals surface area contributed by atoms with Crippen molar-refractivity contribution >= 4 is 5.97 Å². The largest absolute Gasteiger partial charge is 0.469 e. The first-order valence-corrected chi connectivity index (χ1v) is 3.70. The fourth-order valence-corrected chi connectivity index (χ4v) is 0.692. The first-order chi connectivity index (χ1) is 5.04. The van der Waals surface area contributed by atoms with Crippen LogP contribution in [-0.4, -0.2) is 26.3 Å². The molecule has 0 aliphatic rings. The first-order valence-electron chi connectivity index (χ1n) is 3.70. The summed E-state index contributed by atoms with van der Waals surface area (Å²) in [7, 11) is 1.38. The number of esters is 1. The molecule has 3 nitrogen and oxygen atoms in total. The van der Waals surface area contributed by atoms with Crippen LogP contribution in [0, 0.1) is 5.41 Å². The maximum atomic E-state index is 11.0. The normalized spacial score (nSPS) is 11.3. The van der Waals surface area contributed by atoms with Crippen molar-refractivity contribution in [3.05, 3.63) is 0 Å². The molecule has 3 heteroatoms. The number of rotatable bonds is 4. The van der Waals surface area contributed by atoms with Crippen LogP contribution in [0.5, 0.6) is 0 Å². The van der Waals surface area contributed by atoms with Crippen LogP contribution < -0.4 is 0 Å². The molecule has 0 aromatic carbocycles. The molecule has 0 rings (SSSR count). The van der Waals surface area contributed by atoms with Gasteiger partial charge in [0.1, 0.15) is 0 Å². The SMILES string of the molecule is CCOCC(C)(C)C(=O)OC. The molecule has 0 atom stereocenters. The lowest BCUT2D eigenvalue weighted by Crippen LogP contribution is -2.30. The van der Waals surface area contributed by atoms with Crippen molar-refractivity contribution in [2.24, 2.45) is 5.41 Å². The summed E-state index contributed by atoms with van der Waals surface area (Å²) in [6.45, 7) is 6.53. The van der Waals surface area contributed by atoms with Crippen molar-refractivity contribution in [2.45, 2.75) is 20.8 Å². The molecule has 0 aliphatic carbocycles. The van der Waals surface area contributed by atoms with Gasteiger partial charge in [-0.1, -0.05) is 0 Å². The second-order valence-corrected chi connectivity index (χ2v) is 3.01. The third kappa shape index (κ3) is 3.37. The number of methoxy groups -OCH3 is 1. The lowest BCUT2D eigenvalue weighted by atomic mass is 9.95. The Bertz CT molecular complexity index is 129. The highest BCUT2D eigenvalue weighted by Crippen LogP contribution is 2.16. The molecule has 0 radical (unpaired) electrons. The fraction of sp³-hybridized carbons (Fsp3) is 0.875. The lowest BCUT2D eigenvalue weighted by molar-refractivity contribution is -0.154. The maximum Gasteiger partial charge on any atom is 0.313 e. The van der Waals surface area contributed by atoms with Crippen LogP contribution in [-0.2, 0) is 14.3 Å². The highest BCUT2D eigenvalue weighted by molar-refractivity contribution is 5.75. The molecule has 11 heavy (non-hydrogen) atoms. The van der Waals surface area contributed by atoms with Crippen molar-refractivity contribution in [3.8, 4) is 0 Å². The average Bonchev–Trinajstić information content (AvgIpc) is 1.99. The highest BCUT2D eigenvalue weighted by atomic mass is 16.5. The zero-order chi connectivity index (χ0) is 8.91. The minimum absolute atomic E-state index is 0.231. The maximum absolute atomic E-state index is 11.0. The molecule has 0 fully saturated rings. The van der Waals surface area contributed by atoms with Gasteiger partial charge in [0.25, 0.3) is 0 Å². The van der Waals surface area contributed by atoms with Gasteiger partial charge < -0.3 is 9.47 Å². The summed E-state index contributed by atoms with van der Waals surface area (Å²) < 4.78 is 9.71. The minimum atomic E-state index is -0.523. The molecule has 0 heterocycles. The van der Waals surface area contributed by atoms with E-state index in [2.05, 4.69) is 4.74 Å². The predicted octanol–water partition coefficient (Wildman–Crippen LogP) is 1.22. The molecule has 0 saturated carbocycles. The van der Waals surface area contributed by atoms with Gasteiger partial charge in [-0.3, -0.25) is 4.79 Å². The van der Waals surface area contributed by atoms with Gasteiger partial charge in [0.15, 0.2) is 0 Å². The molecule has 0 aliphatic heterocycles. The van der Waals surface area contributed by atoms with Gasteiger partial charge in [0.2, 0.25) is 0 Å². The van der Waals surface area contributed by atoms with E-state index in [1.807, 2.05) is 6.92 Å². The van der Waals surface area contributed by atoms with E-state index in [1.165, 1.54) is 7.11 Å². The fourth-order valence-electron chi connectivity index (χ4n) is 0.692. The number of carbonyl (C=O) groups is 1. The number of hydrogen-bond acceptors (Lipinski definition) is 3. The Balaban J connectivity index is 3.88. The van der Waals surface area contributed by atoms with Gasteiger partial charge in [-0.05, 0) is 20.8 Å². The molecule has 0 N–H and O–H groups in total. The van der Waals surface area contributed by atoms with E-state index in [0.29, 0.717) is 13.2 Å². The molecule has 0 saturated heterocycles. The van der Waals surface area contributed by atoms with Crippen LogP contribution in [0.2, 0.25) is 0 Å². The second-order valence-electron chi connectivity index (χ2n) is 3.01. The lowest BCUT2D eigenvalue weighted by Gasteiger charge is -2.20. The molecule has 0 aromatic heterocycles. The van der Waals surface area contributed by atoms with E-state index < -0.39 is 5.41 Å². The molecule has 0 spiro atoms.